The molecule has 0 radical (unpaired) electrons. The zero-order chi connectivity index (χ0) is 15.9. The lowest BCUT2D eigenvalue weighted by molar-refractivity contribution is -0.137. The van der Waals surface area contributed by atoms with Crippen molar-refractivity contribution in [1.29, 1.82) is 0 Å². The predicted molar refractivity (Wildman–Crippen MR) is 85.9 cm³/mol. The molecule has 1 atom stereocenters. The highest BCUT2D eigenvalue weighted by molar-refractivity contribution is 7.90. The van der Waals surface area contributed by atoms with Gasteiger partial charge in [-0.1, -0.05) is 12.8 Å². The van der Waals surface area contributed by atoms with Crippen molar-refractivity contribution >= 4 is 29.0 Å². The van der Waals surface area contributed by atoms with Gasteiger partial charge in [-0.2, -0.15) is 9.97 Å². The van der Waals surface area contributed by atoms with Crippen molar-refractivity contribution < 1.29 is 14.1 Å². The van der Waals surface area contributed by atoms with Gasteiger partial charge in [0.2, 0.25) is 0 Å². The fraction of sp³-hybridized carbons (Fsp3) is 0.533. The van der Waals surface area contributed by atoms with Gasteiger partial charge in [-0.05, 0) is 25.8 Å². The number of rotatable bonds is 6. The van der Waals surface area contributed by atoms with Gasteiger partial charge < -0.3 is 14.6 Å². The molecule has 0 aliphatic heterocycles. The zero-order valence-corrected chi connectivity index (χ0v) is 13.7. The molecule has 0 saturated heterocycles. The van der Waals surface area contributed by atoms with Crippen LogP contribution in [-0.2, 0) is 20.7 Å². The maximum Gasteiger partial charge on any atom is 0.344 e. The van der Waals surface area contributed by atoms with Crippen LogP contribution in [0.25, 0.3) is 6.08 Å². The Morgan fingerprint density at radius 1 is 1.55 bits per heavy atom. The number of hydrogen-bond donors (Lipinski definition) is 1. The minimum atomic E-state index is -1.24. The molecule has 1 aliphatic rings. The van der Waals surface area contributed by atoms with Gasteiger partial charge in [0.05, 0.1) is 6.61 Å². The summed E-state index contributed by atoms with van der Waals surface area (Å²) in [4.78, 5) is 19.8. The molecule has 6 nitrogen and oxygen atoms in total. The summed E-state index contributed by atoms with van der Waals surface area (Å²) in [5.41, 5.74) is 0.689. The molecule has 0 bridgehead atoms. The molecule has 7 heteroatoms. The van der Waals surface area contributed by atoms with Gasteiger partial charge in [0.1, 0.15) is 12.1 Å². The summed E-state index contributed by atoms with van der Waals surface area (Å²) in [6.07, 6.45) is 10.7. The topological polar surface area (TPSA) is 87.2 Å². The van der Waals surface area contributed by atoms with E-state index < -0.39 is 17.1 Å². The second-order valence-corrected chi connectivity index (χ2v) is 6.40. The Kier molecular flexibility index (Phi) is 6.21. The Labute approximate surface area is 133 Å². The van der Waals surface area contributed by atoms with Gasteiger partial charge >= 0.3 is 11.1 Å². The smallest absolute Gasteiger partial charge is 0.344 e. The maximum atomic E-state index is 11.6. The maximum absolute atomic E-state index is 11.6. The molecule has 1 unspecified atom stereocenters. The molecule has 0 amide bonds. The van der Waals surface area contributed by atoms with Crippen molar-refractivity contribution in [3.8, 4) is 0 Å². The first-order valence-electron chi connectivity index (χ1n) is 7.42. The van der Waals surface area contributed by atoms with Crippen LogP contribution in [0, 0.1) is 0 Å². The Hall–Kier alpha value is -1.60. The number of anilines is 1. The van der Waals surface area contributed by atoms with Crippen molar-refractivity contribution in [1.82, 2.24) is 9.97 Å². The molecule has 2 rings (SSSR count). The largest absolute Gasteiger partial charge is 0.609 e. The summed E-state index contributed by atoms with van der Waals surface area (Å²) in [6.45, 7) is 2.09. The monoisotopic (exact) mass is 323 g/mol. The van der Waals surface area contributed by atoms with Gasteiger partial charge in [-0.25, -0.2) is 4.79 Å². The van der Waals surface area contributed by atoms with E-state index in [0.29, 0.717) is 24.0 Å². The molecule has 1 N–H and O–H groups in total. The van der Waals surface area contributed by atoms with Crippen LogP contribution in [-0.4, -0.2) is 39.4 Å². The lowest BCUT2D eigenvalue weighted by Crippen LogP contribution is -2.18. The minimum absolute atomic E-state index is 0.286. The van der Waals surface area contributed by atoms with Crippen LogP contribution in [0.3, 0.4) is 0 Å². The van der Waals surface area contributed by atoms with E-state index >= 15 is 0 Å². The molecule has 1 saturated carbocycles. The number of nitrogens with one attached hydrogen (secondary N) is 1. The Bertz CT molecular complexity index is 543. The summed E-state index contributed by atoms with van der Waals surface area (Å²) in [7, 11) is 0. The summed E-state index contributed by atoms with van der Waals surface area (Å²) >= 11 is -1.24. The second-order valence-electron chi connectivity index (χ2n) is 5.12. The predicted octanol–water partition coefficient (Wildman–Crippen LogP) is 2.14. The van der Waals surface area contributed by atoms with Crippen molar-refractivity contribution in [2.24, 2.45) is 0 Å². The van der Waals surface area contributed by atoms with Crippen LogP contribution in [0.1, 0.15) is 38.2 Å². The summed E-state index contributed by atoms with van der Waals surface area (Å²) < 4.78 is 16.4. The number of carbonyl (C=O) groups is 1. The molecule has 1 aliphatic carbocycles. The number of carbonyl (C=O) groups excluding carboxylic acids is 1. The van der Waals surface area contributed by atoms with Gasteiger partial charge in [0.25, 0.3) is 0 Å². The first kappa shape index (κ1) is 16.8. The third kappa shape index (κ3) is 4.71. The van der Waals surface area contributed by atoms with Crippen LogP contribution in [0.5, 0.6) is 0 Å². The van der Waals surface area contributed by atoms with E-state index in [4.69, 9.17) is 4.74 Å². The first-order valence-corrected chi connectivity index (χ1v) is 8.97. The Morgan fingerprint density at radius 2 is 2.27 bits per heavy atom. The molecule has 1 heterocycles. The highest BCUT2D eigenvalue weighted by Crippen LogP contribution is 2.24. The molecule has 22 heavy (non-hydrogen) atoms. The average Bonchev–Trinajstić information content (AvgIpc) is 2.99. The van der Waals surface area contributed by atoms with Crippen LogP contribution in [0.2, 0.25) is 0 Å². The highest BCUT2D eigenvalue weighted by Gasteiger charge is 2.18. The van der Waals surface area contributed by atoms with Crippen LogP contribution in [0.15, 0.2) is 17.4 Å². The minimum Gasteiger partial charge on any atom is -0.609 e. The van der Waals surface area contributed by atoms with Gasteiger partial charge in [-0.3, -0.25) is 0 Å². The van der Waals surface area contributed by atoms with E-state index in [0.717, 1.165) is 12.8 Å². The molecule has 120 valence electrons. The van der Waals surface area contributed by atoms with Gasteiger partial charge in [-0.15, -0.1) is 0 Å². The molecule has 0 spiro atoms. The summed E-state index contributed by atoms with van der Waals surface area (Å²) in [5, 5.41) is 3.66. The Morgan fingerprint density at radius 3 is 2.91 bits per heavy atom. The highest BCUT2D eigenvalue weighted by atomic mass is 32.2. The van der Waals surface area contributed by atoms with Crippen molar-refractivity contribution in [2.45, 2.75) is 43.8 Å². The quantitative estimate of drug-likeness (QED) is 0.373. The first-order chi connectivity index (χ1) is 10.6. The van der Waals surface area contributed by atoms with E-state index in [2.05, 4.69) is 15.3 Å². The standard InChI is InChI=1S/C15H21N3O3S/c1-3-21-13(19)9-8-11-10-16-15(22(2)20)18-14(11)17-12-6-4-5-7-12/h8-10,12H,3-7H2,1-2H3,(H,16,17,18)/b9-8+. The normalized spacial score (nSPS) is 16.9. The van der Waals surface area contributed by atoms with E-state index in [1.54, 1.807) is 25.5 Å². The van der Waals surface area contributed by atoms with E-state index in [-0.39, 0.29) is 5.16 Å². The molecule has 0 aromatic carbocycles. The number of ether oxygens (including phenoxy) is 1. The number of nitrogens with zero attached hydrogens (tertiary/aromatic N) is 2. The van der Waals surface area contributed by atoms with E-state index in [9.17, 15) is 9.35 Å². The van der Waals surface area contributed by atoms with Gasteiger partial charge in [0.15, 0.2) is 0 Å². The fourth-order valence-electron chi connectivity index (χ4n) is 2.36. The summed E-state index contributed by atoms with van der Waals surface area (Å²) in [6, 6.07) is 0.364. The van der Waals surface area contributed by atoms with Crippen LogP contribution >= 0.6 is 0 Å². The molecule has 1 aromatic heterocycles. The van der Waals surface area contributed by atoms with E-state index in [1.165, 1.54) is 18.9 Å². The lowest BCUT2D eigenvalue weighted by Gasteiger charge is -2.15. The number of aromatic nitrogens is 2. The number of hydrogen-bond acceptors (Lipinski definition) is 6. The SMILES string of the molecule is CCOC(=O)/C=C/c1cnc([S+](C)[O-])nc1NC1CCCC1. The van der Waals surface area contributed by atoms with Crippen molar-refractivity contribution in [2.75, 3.05) is 18.2 Å². The zero-order valence-electron chi connectivity index (χ0n) is 12.9. The van der Waals surface area contributed by atoms with Gasteiger partial charge in [0, 0.05) is 35.1 Å². The van der Waals surface area contributed by atoms with Crippen molar-refractivity contribution in [3.63, 3.8) is 0 Å². The van der Waals surface area contributed by atoms with Crippen molar-refractivity contribution in [3.05, 3.63) is 17.8 Å². The third-order valence-electron chi connectivity index (χ3n) is 3.43. The fourth-order valence-corrected chi connectivity index (χ4v) is 2.78. The lowest BCUT2D eigenvalue weighted by atomic mass is 10.2. The third-order valence-corrected chi connectivity index (χ3v) is 4.14. The number of esters is 1. The molecule has 1 aromatic rings. The Balaban J connectivity index is 2.20. The van der Waals surface area contributed by atoms with Crippen LogP contribution in [0.4, 0.5) is 5.82 Å². The summed E-state index contributed by atoms with van der Waals surface area (Å²) in [5.74, 6) is 0.213. The molecular weight excluding hydrogens is 302 g/mol. The molecular formula is C15H21N3O3S. The molecule has 1 fully saturated rings. The second kappa shape index (κ2) is 8.14. The van der Waals surface area contributed by atoms with E-state index in [1.807, 2.05) is 0 Å². The van der Waals surface area contributed by atoms with Crippen LogP contribution < -0.4 is 5.32 Å². The average molecular weight is 323 g/mol.